The zero-order chi connectivity index (χ0) is 19.1. The van der Waals surface area contributed by atoms with Crippen molar-refractivity contribution in [3.8, 4) is 0 Å². The molecule has 0 aromatic heterocycles. The minimum absolute atomic E-state index is 0.0867. The van der Waals surface area contributed by atoms with Crippen molar-refractivity contribution in [2.45, 2.75) is 25.4 Å². The fourth-order valence-electron chi connectivity index (χ4n) is 2.86. The van der Waals surface area contributed by atoms with Crippen LogP contribution >= 0.6 is 0 Å². The average Bonchev–Trinajstić information content (AvgIpc) is 3.15. The second kappa shape index (κ2) is 9.14. The molecular weight excluding hydrogens is 349 g/mol. The summed E-state index contributed by atoms with van der Waals surface area (Å²) in [6.07, 6.45) is 2.17. The Morgan fingerprint density at radius 1 is 1.07 bits per heavy atom. The van der Waals surface area contributed by atoms with Gasteiger partial charge in [0, 0.05) is 24.5 Å². The van der Waals surface area contributed by atoms with E-state index in [4.69, 9.17) is 4.74 Å². The summed E-state index contributed by atoms with van der Waals surface area (Å²) in [6, 6.07) is 12.4. The van der Waals surface area contributed by atoms with Crippen molar-refractivity contribution >= 4 is 23.3 Å². The summed E-state index contributed by atoms with van der Waals surface area (Å²) in [5.41, 5.74) is 1.82. The number of benzene rings is 2. The fourth-order valence-corrected chi connectivity index (χ4v) is 2.86. The lowest BCUT2D eigenvalue weighted by atomic mass is 10.1. The number of rotatable bonds is 6. The number of urea groups is 1. The maximum atomic E-state index is 13.2. The molecule has 1 aliphatic heterocycles. The van der Waals surface area contributed by atoms with Crippen LogP contribution in [0.3, 0.4) is 0 Å². The van der Waals surface area contributed by atoms with E-state index in [-0.39, 0.29) is 30.3 Å². The molecule has 1 fully saturated rings. The first-order valence-electron chi connectivity index (χ1n) is 8.89. The molecule has 1 heterocycles. The van der Waals surface area contributed by atoms with Crippen LogP contribution in [0.1, 0.15) is 18.4 Å². The number of anilines is 2. The SMILES string of the molecule is O=C(Cc1cccc(F)c1)Nc1ccc(NC(=O)NC[C@@H]2CCCO2)cc1. The number of carbonyl (C=O) groups is 2. The van der Waals surface area contributed by atoms with E-state index < -0.39 is 0 Å². The number of halogens is 1. The maximum Gasteiger partial charge on any atom is 0.319 e. The van der Waals surface area contributed by atoms with Crippen molar-refractivity contribution in [3.63, 3.8) is 0 Å². The first kappa shape index (κ1) is 18.8. The Bertz CT molecular complexity index is 789. The lowest BCUT2D eigenvalue weighted by Gasteiger charge is -2.12. The van der Waals surface area contributed by atoms with Crippen molar-refractivity contribution in [3.05, 3.63) is 59.9 Å². The van der Waals surface area contributed by atoms with E-state index in [1.54, 1.807) is 36.4 Å². The van der Waals surface area contributed by atoms with E-state index in [9.17, 15) is 14.0 Å². The van der Waals surface area contributed by atoms with Crippen LogP contribution in [-0.4, -0.2) is 31.2 Å². The maximum absolute atomic E-state index is 13.2. The summed E-state index contributed by atoms with van der Waals surface area (Å²) in [4.78, 5) is 23.9. The zero-order valence-corrected chi connectivity index (χ0v) is 14.8. The standard InChI is InChI=1S/C20H22FN3O3/c21-15-4-1-3-14(11-15)12-19(25)23-16-6-8-17(9-7-16)24-20(26)22-13-18-5-2-10-27-18/h1,3-4,6-9,11,18H,2,5,10,12-13H2,(H,23,25)(H2,22,24,26)/t18-/m0/s1. The predicted octanol–water partition coefficient (Wildman–Crippen LogP) is 3.31. The lowest BCUT2D eigenvalue weighted by molar-refractivity contribution is -0.115. The molecule has 2 aromatic carbocycles. The van der Waals surface area contributed by atoms with E-state index in [1.165, 1.54) is 12.1 Å². The molecule has 0 radical (unpaired) electrons. The average molecular weight is 371 g/mol. The lowest BCUT2D eigenvalue weighted by Crippen LogP contribution is -2.35. The smallest absolute Gasteiger partial charge is 0.319 e. The molecule has 0 spiro atoms. The highest BCUT2D eigenvalue weighted by atomic mass is 19.1. The summed E-state index contributed by atoms with van der Waals surface area (Å²) in [5, 5.41) is 8.26. The molecule has 1 saturated heterocycles. The Hall–Kier alpha value is -2.93. The third kappa shape index (κ3) is 6.07. The quantitative estimate of drug-likeness (QED) is 0.729. The number of nitrogens with one attached hydrogen (secondary N) is 3. The van der Waals surface area contributed by atoms with Gasteiger partial charge in [-0.3, -0.25) is 4.79 Å². The van der Waals surface area contributed by atoms with Crippen molar-refractivity contribution in [2.24, 2.45) is 0 Å². The van der Waals surface area contributed by atoms with Crippen LogP contribution < -0.4 is 16.0 Å². The van der Waals surface area contributed by atoms with Crippen LogP contribution in [0.2, 0.25) is 0 Å². The second-order valence-electron chi connectivity index (χ2n) is 6.40. The topological polar surface area (TPSA) is 79.5 Å². The summed E-state index contributed by atoms with van der Waals surface area (Å²) < 4.78 is 18.6. The third-order valence-corrected chi connectivity index (χ3v) is 4.19. The van der Waals surface area contributed by atoms with Crippen LogP contribution in [0.25, 0.3) is 0 Å². The summed E-state index contributed by atoms with van der Waals surface area (Å²) in [6.45, 7) is 1.24. The minimum Gasteiger partial charge on any atom is -0.376 e. The molecule has 3 amide bonds. The third-order valence-electron chi connectivity index (χ3n) is 4.19. The number of amides is 3. The Kier molecular flexibility index (Phi) is 6.38. The van der Waals surface area contributed by atoms with Gasteiger partial charge in [-0.25, -0.2) is 9.18 Å². The fraction of sp³-hybridized carbons (Fsp3) is 0.300. The van der Waals surface area contributed by atoms with Crippen LogP contribution in [0.4, 0.5) is 20.6 Å². The van der Waals surface area contributed by atoms with Gasteiger partial charge in [0.15, 0.2) is 0 Å². The molecule has 27 heavy (non-hydrogen) atoms. The van der Waals surface area contributed by atoms with Gasteiger partial charge in [0.05, 0.1) is 12.5 Å². The van der Waals surface area contributed by atoms with Crippen LogP contribution in [-0.2, 0) is 16.0 Å². The van der Waals surface area contributed by atoms with Gasteiger partial charge >= 0.3 is 6.03 Å². The van der Waals surface area contributed by atoms with E-state index in [0.717, 1.165) is 19.4 Å². The van der Waals surface area contributed by atoms with Crippen molar-refractivity contribution < 1.29 is 18.7 Å². The van der Waals surface area contributed by atoms with Crippen LogP contribution in [0.5, 0.6) is 0 Å². The van der Waals surface area contributed by atoms with Gasteiger partial charge in [0.25, 0.3) is 0 Å². The van der Waals surface area contributed by atoms with Gasteiger partial charge in [0.1, 0.15) is 5.82 Å². The molecule has 1 aliphatic rings. The Morgan fingerprint density at radius 3 is 2.48 bits per heavy atom. The van der Waals surface area contributed by atoms with Crippen LogP contribution in [0.15, 0.2) is 48.5 Å². The molecule has 3 N–H and O–H groups in total. The Balaban J connectivity index is 1.45. The zero-order valence-electron chi connectivity index (χ0n) is 14.8. The van der Waals surface area contributed by atoms with E-state index in [0.29, 0.717) is 23.5 Å². The summed E-state index contributed by atoms with van der Waals surface area (Å²) in [7, 11) is 0. The second-order valence-corrected chi connectivity index (χ2v) is 6.40. The molecule has 0 unspecified atom stereocenters. The van der Waals surface area contributed by atoms with E-state index >= 15 is 0 Å². The number of ether oxygens (including phenoxy) is 1. The Labute approximate surface area is 157 Å². The number of hydrogen-bond donors (Lipinski definition) is 3. The van der Waals surface area contributed by atoms with E-state index in [2.05, 4.69) is 16.0 Å². The van der Waals surface area contributed by atoms with Gasteiger partial charge in [-0.05, 0) is 54.8 Å². The van der Waals surface area contributed by atoms with Gasteiger partial charge in [-0.1, -0.05) is 12.1 Å². The number of carbonyl (C=O) groups excluding carboxylic acids is 2. The molecule has 142 valence electrons. The van der Waals surface area contributed by atoms with E-state index in [1.807, 2.05) is 0 Å². The van der Waals surface area contributed by atoms with Crippen molar-refractivity contribution in [2.75, 3.05) is 23.8 Å². The normalized spacial score (nSPS) is 16.0. The van der Waals surface area contributed by atoms with Gasteiger partial charge in [-0.2, -0.15) is 0 Å². The first-order chi connectivity index (χ1) is 13.1. The highest BCUT2D eigenvalue weighted by Crippen LogP contribution is 2.15. The molecule has 6 nitrogen and oxygen atoms in total. The highest BCUT2D eigenvalue weighted by molar-refractivity contribution is 5.93. The molecular formula is C20H22FN3O3. The molecule has 7 heteroatoms. The number of hydrogen-bond acceptors (Lipinski definition) is 3. The summed E-state index contributed by atoms with van der Waals surface area (Å²) in [5.74, 6) is -0.607. The molecule has 2 aromatic rings. The first-order valence-corrected chi connectivity index (χ1v) is 8.89. The van der Waals surface area contributed by atoms with Gasteiger partial charge < -0.3 is 20.7 Å². The molecule has 1 atom stereocenters. The summed E-state index contributed by atoms with van der Waals surface area (Å²) >= 11 is 0. The van der Waals surface area contributed by atoms with Crippen molar-refractivity contribution in [1.82, 2.24) is 5.32 Å². The Morgan fingerprint density at radius 2 is 1.81 bits per heavy atom. The van der Waals surface area contributed by atoms with Crippen molar-refractivity contribution in [1.29, 1.82) is 0 Å². The molecule has 0 saturated carbocycles. The molecule has 0 aliphatic carbocycles. The van der Waals surface area contributed by atoms with Gasteiger partial charge in [0.2, 0.25) is 5.91 Å². The minimum atomic E-state index is -0.367. The highest BCUT2D eigenvalue weighted by Gasteiger charge is 2.16. The monoisotopic (exact) mass is 371 g/mol. The van der Waals surface area contributed by atoms with Gasteiger partial charge in [-0.15, -0.1) is 0 Å². The molecule has 3 rings (SSSR count). The molecule has 0 bridgehead atoms. The van der Waals surface area contributed by atoms with Crippen LogP contribution in [0, 0.1) is 5.82 Å². The predicted molar refractivity (Wildman–Crippen MR) is 101 cm³/mol. The largest absolute Gasteiger partial charge is 0.376 e.